The zero-order valence-corrected chi connectivity index (χ0v) is 20.0. The van der Waals surface area contributed by atoms with Crippen molar-refractivity contribution in [2.45, 2.75) is 65.1 Å². The van der Waals surface area contributed by atoms with E-state index >= 15 is 0 Å². The van der Waals surface area contributed by atoms with Crippen molar-refractivity contribution in [3.63, 3.8) is 0 Å². The van der Waals surface area contributed by atoms with E-state index in [9.17, 15) is 4.79 Å². The quantitative estimate of drug-likeness (QED) is 0.562. The van der Waals surface area contributed by atoms with Crippen molar-refractivity contribution in [1.82, 2.24) is 25.0 Å². The third kappa shape index (κ3) is 6.08. The Kier molecular flexibility index (Phi) is 7.55. The summed E-state index contributed by atoms with van der Waals surface area (Å²) in [6, 6.07) is 18.9. The molecule has 33 heavy (non-hydrogen) atoms. The summed E-state index contributed by atoms with van der Waals surface area (Å²) in [5, 5.41) is 12.0. The van der Waals surface area contributed by atoms with E-state index < -0.39 is 0 Å². The van der Waals surface area contributed by atoms with Gasteiger partial charge in [0.15, 0.2) is 5.82 Å². The van der Waals surface area contributed by atoms with E-state index in [4.69, 9.17) is 0 Å². The number of rotatable bonds is 8. The maximum absolute atomic E-state index is 12.5. The first-order valence-corrected chi connectivity index (χ1v) is 12.1. The van der Waals surface area contributed by atoms with Crippen LogP contribution in [0.1, 0.15) is 67.5 Å². The van der Waals surface area contributed by atoms with Crippen molar-refractivity contribution in [2.75, 3.05) is 13.1 Å². The first kappa shape index (κ1) is 23.2. The maximum Gasteiger partial charge on any atom is 0.220 e. The molecule has 174 valence electrons. The molecule has 0 saturated heterocycles. The number of amides is 1. The largest absolute Gasteiger partial charge is 0.346 e. The molecule has 0 radical (unpaired) electrons. The lowest BCUT2D eigenvalue weighted by atomic mass is 10.0. The summed E-state index contributed by atoms with van der Waals surface area (Å²) in [6.45, 7) is 10.1. The number of carbonyl (C=O) groups is 1. The van der Waals surface area contributed by atoms with Crippen molar-refractivity contribution in [1.29, 1.82) is 0 Å². The number of benzene rings is 2. The van der Waals surface area contributed by atoms with Gasteiger partial charge in [-0.1, -0.05) is 68.4 Å². The number of carbonyl (C=O) groups excluding carboxylic acids is 1. The molecule has 1 aliphatic heterocycles. The lowest BCUT2D eigenvalue weighted by molar-refractivity contribution is -0.121. The van der Waals surface area contributed by atoms with Crippen LogP contribution in [0.3, 0.4) is 0 Å². The van der Waals surface area contributed by atoms with Gasteiger partial charge in [0.25, 0.3) is 0 Å². The highest BCUT2D eigenvalue weighted by Gasteiger charge is 2.22. The van der Waals surface area contributed by atoms with Crippen molar-refractivity contribution in [2.24, 2.45) is 0 Å². The highest BCUT2D eigenvalue weighted by molar-refractivity contribution is 5.76. The molecule has 6 nitrogen and oxygen atoms in total. The lowest BCUT2D eigenvalue weighted by Crippen LogP contribution is -2.30. The van der Waals surface area contributed by atoms with Gasteiger partial charge in [-0.2, -0.15) is 0 Å². The Morgan fingerprint density at radius 2 is 1.70 bits per heavy atom. The number of nitrogens with one attached hydrogen (secondary N) is 1. The predicted molar refractivity (Wildman–Crippen MR) is 131 cm³/mol. The molecule has 6 heteroatoms. The van der Waals surface area contributed by atoms with Gasteiger partial charge in [0.2, 0.25) is 5.91 Å². The predicted octanol–water partition coefficient (Wildman–Crippen LogP) is 4.27. The molecule has 0 aliphatic carbocycles. The average molecular weight is 446 g/mol. The molecule has 0 saturated carbocycles. The molecule has 1 aliphatic rings. The average Bonchev–Trinajstić information content (AvgIpc) is 3.13. The van der Waals surface area contributed by atoms with E-state index in [0.29, 0.717) is 12.3 Å². The summed E-state index contributed by atoms with van der Waals surface area (Å²) in [4.78, 5) is 15.0. The van der Waals surface area contributed by atoms with Crippen LogP contribution in [0.25, 0.3) is 0 Å². The Balaban J connectivity index is 1.32. The van der Waals surface area contributed by atoms with Crippen LogP contribution < -0.4 is 5.32 Å². The third-order valence-corrected chi connectivity index (χ3v) is 6.45. The van der Waals surface area contributed by atoms with Crippen LogP contribution >= 0.6 is 0 Å². The summed E-state index contributed by atoms with van der Waals surface area (Å²) in [5.41, 5.74) is 3.90. The number of aryl methyl sites for hydroxylation is 1. The molecule has 2 aromatic carbocycles. The van der Waals surface area contributed by atoms with Gasteiger partial charge in [0.05, 0.1) is 6.04 Å². The van der Waals surface area contributed by atoms with E-state index in [1.54, 1.807) is 0 Å². The first-order chi connectivity index (χ1) is 16.0. The second-order valence-corrected chi connectivity index (χ2v) is 9.32. The minimum Gasteiger partial charge on any atom is -0.346 e. The summed E-state index contributed by atoms with van der Waals surface area (Å²) in [6.07, 6.45) is 2.08. The topological polar surface area (TPSA) is 63.1 Å². The number of hydrogen-bond acceptors (Lipinski definition) is 4. The minimum atomic E-state index is -0.162. The monoisotopic (exact) mass is 445 g/mol. The molecular formula is C27H35N5O. The third-order valence-electron chi connectivity index (χ3n) is 6.45. The fourth-order valence-corrected chi connectivity index (χ4v) is 4.41. The molecule has 0 fully saturated rings. The molecular weight excluding hydrogens is 410 g/mol. The van der Waals surface area contributed by atoms with Crippen LogP contribution in [0.15, 0.2) is 54.6 Å². The molecule has 0 spiro atoms. The van der Waals surface area contributed by atoms with Gasteiger partial charge in [-0.3, -0.25) is 9.69 Å². The molecule has 0 bridgehead atoms. The van der Waals surface area contributed by atoms with Crippen molar-refractivity contribution in [3.8, 4) is 0 Å². The van der Waals surface area contributed by atoms with Gasteiger partial charge >= 0.3 is 0 Å². The standard InChI is InChI=1S/C27H35N5O/c1-20(2)24-12-9-23(10-13-24)19-31-16-15-25-29-30-27(32(25)18-17-31)21(3)28-26(33)14-11-22-7-5-4-6-8-22/h4-10,12-13,20-21H,11,14-19H2,1-3H3,(H,28,33)/t21-/m1/s1. The molecule has 2 heterocycles. The molecule has 3 aromatic rings. The highest BCUT2D eigenvalue weighted by atomic mass is 16.1. The summed E-state index contributed by atoms with van der Waals surface area (Å²) < 4.78 is 2.20. The minimum absolute atomic E-state index is 0.0452. The fraction of sp³-hybridized carbons (Fsp3) is 0.444. The molecule has 1 N–H and O–H groups in total. The van der Waals surface area contributed by atoms with Gasteiger partial charge < -0.3 is 9.88 Å². The Hall–Kier alpha value is -2.99. The van der Waals surface area contributed by atoms with Gasteiger partial charge in [-0.05, 0) is 36.0 Å². The molecule has 0 unspecified atom stereocenters. The maximum atomic E-state index is 12.5. The summed E-state index contributed by atoms with van der Waals surface area (Å²) in [5.74, 6) is 2.46. The SMILES string of the molecule is CC(C)c1ccc(CN2CCc3nnc([C@@H](C)NC(=O)CCc4ccccc4)n3CC2)cc1. The summed E-state index contributed by atoms with van der Waals surface area (Å²) >= 11 is 0. The molecule has 1 atom stereocenters. The fourth-order valence-electron chi connectivity index (χ4n) is 4.41. The Labute approximate surface area is 197 Å². The van der Waals surface area contributed by atoms with Gasteiger partial charge in [-0.25, -0.2) is 0 Å². The normalized spacial score (nSPS) is 15.2. The van der Waals surface area contributed by atoms with E-state index in [-0.39, 0.29) is 11.9 Å². The van der Waals surface area contributed by atoms with E-state index in [1.165, 1.54) is 16.7 Å². The zero-order valence-electron chi connectivity index (χ0n) is 20.0. The molecule has 4 rings (SSSR count). The van der Waals surface area contributed by atoms with Crippen LogP contribution in [0.4, 0.5) is 0 Å². The second kappa shape index (κ2) is 10.8. The second-order valence-electron chi connectivity index (χ2n) is 9.32. The van der Waals surface area contributed by atoms with Crippen LogP contribution in [0.2, 0.25) is 0 Å². The van der Waals surface area contributed by atoms with Crippen LogP contribution in [0.5, 0.6) is 0 Å². The van der Waals surface area contributed by atoms with Gasteiger partial charge in [0.1, 0.15) is 5.82 Å². The van der Waals surface area contributed by atoms with Gasteiger partial charge in [0, 0.05) is 39.0 Å². The number of fused-ring (bicyclic) bond motifs is 1. The van der Waals surface area contributed by atoms with Crippen molar-refractivity contribution < 1.29 is 4.79 Å². The van der Waals surface area contributed by atoms with E-state index in [1.807, 2.05) is 25.1 Å². The molecule has 1 amide bonds. The molecule has 1 aromatic heterocycles. The summed E-state index contributed by atoms with van der Waals surface area (Å²) in [7, 11) is 0. The Morgan fingerprint density at radius 3 is 2.42 bits per heavy atom. The lowest BCUT2D eigenvalue weighted by Gasteiger charge is -2.20. The van der Waals surface area contributed by atoms with Crippen molar-refractivity contribution in [3.05, 3.63) is 82.9 Å². The Bertz CT molecular complexity index is 1040. The smallest absolute Gasteiger partial charge is 0.220 e. The Morgan fingerprint density at radius 1 is 0.939 bits per heavy atom. The van der Waals surface area contributed by atoms with Gasteiger partial charge in [-0.15, -0.1) is 10.2 Å². The zero-order chi connectivity index (χ0) is 23.2. The highest BCUT2D eigenvalue weighted by Crippen LogP contribution is 2.19. The van der Waals surface area contributed by atoms with E-state index in [0.717, 1.165) is 50.7 Å². The number of hydrogen-bond donors (Lipinski definition) is 1. The van der Waals surface area contributed by atoms with Crippen molar-refractivity contribution >= 4 is 5.91 Å². The van der Waals surface area contributed by atoms with Crippen LogP contribution in [-0.2, 0) is 30.7 Å². The number of aromatic nitrogens is 3. The number of nitrogens with zero attached hydrogens (tertiary/aromatic N) is 4. The first-order valence-electron chi connectivity index (χ1n) is 12.1. The van der Waals surface area contributed by atoms with E-state index in [2.05, 4.69) is 75.2 Å². The van der Waals surface area contributed by atoms with Crippen LogP contribution in [-0.4, -0.2) is 38.7 Å². The van der Waals surface area contributed by atoms with Crippen LogP contribution in [0, 0.1) is 0 Å².